The van der Waals surface area contributed by atoms with Gasteiger partial charge in [0.25, 0.3) is 0 Å². The molecule has 14 N–H and O–H groups in total. The molecule has 28 heavy (non-hydrogen) atoms. The van der Waals surface area contributed by atoms with Gasteiger partial charge in [0.05, 0.1) is 0 Å². The van der Waals surface area contributed by atoms with Crippen LogP contribution in [0.25, 0.3) is 0 Å². The maximum Gasteiger partial charge on any atom is 1.00 e. The predicted octanol–water partition coefficient (Wildman–Crippen LogP) is -10.6. The molecule has 0 fully saturated rings. The SMILES string of the molecule is CC(C)c1cccc(C(C)C)c1OCOP(=O)(O)O.O.O.O.O.O.O.[Na+].[Na+].[Na+]. The molecule has 0 aliphatic rings. The first kappa shape index (κ1) is 57.2. The van der Waals surface area contributed by atoms with Crippen LogP contribution >= 0.6 is 7.82 Å². The summed E-state index contributed by atoms with van der Waals surface area (Å²) in [7, 11) is -4.51. The van der Waals surface area contributed by atoms with E-state index in [1.807, 2.05) is 45.9 Å². The van der Waals surface area contributed by atoms with Gasteiger partial charge in [-0.05, 0) is 23.0 Å². The Morgan fingerprint density at radius 1 is 0.821 bits per heavy atom. The normalized spacial score (nSPS) is 8.29. The number of hydrogen-bond donors (Lipinski definition) is 2. The average Bonchev–Trinajstić information content (AvgIpc) is 2.26. The zero-order valence-corrected chi connectivity index (χ0v) is 24.6. The van der Waals surface area contributed by atoms with E-state index in [9.17, 15) is 4.57 Å². The first-order chi connectivity index (χ1) is 8.72. The van der Waals surface area contributed by atoms with Crippen molar-refractivity contribution in [2.45, 2.75) is 39.5 Å². The summed E-state index contributed by atoms with van der Waals surface area (Å²) in [5.74, 6) is 1.16. The molecule has 0 spiro atoms. The third-order valence-corrected chi connectivity index (χ3v) is 3.19. The van der Waals surface area contributed by atoms with Gasteiger partial charge in [0.15, 0.2) is 6.79 Å². The van der Waals surface area contributed by atoms with Crippen molar-refractivity contribution in [3.63, 3.8) is 0 Å². The molecule has 0 atom stereocenters. The summed E-state index contributed by atoms with van der Waals surface area (Å²) in [6, 6.07) is 5.86. The maximum atomic E-state index is 10.7. The van der Waals surface area contributed by atoms with Crippen LogP contribution in [-0.2, 0) is 9.09 Å². The van der Waals surface area contributed by atoms with Crippen LogP contribution in [0.2, 0.25) is 0 Å². The number of para-hydroxylation sites is 1. The summed E-state index contributed by atoms with van der Waals surface area (Å²) >= 11 is 0. The maximum absolute atomic E-state index is 10.7. The molecule has 1 aromatic carbocycles. The van der Waals surface area contributed by atoms with Gasteiger partial charge in [-0.15, -0.1) is 0 Å². The fourth-order valence-electron chi connectivity index (χ4n) is 1.80. The molecule has 15 heteroatoms. The van der Waals surface area contributed by atoms with Crippen molar-refractivity contribution in [2.24, 2.45) is 0 Å². The molecule has 0 saturated heterocycles. The molecule has 0 saturated carbocycles. The molecule has 0 unspecified atom stereocenters. The quantitative estimate of drug-likeness (QED) is 0.235. The Balaban J connectivity index is -0.0000000573. The van der Waals surface area contributed by atoms with E-state index in [0.29, 0.717) is 5.75 Å². The molecule has 0 aromatic heterocycles. The van der Waals surface area contributed by atoms with Gasteiger partial charge < -0.3 is 47.4 Å². The van der Waals surface area contributed by atoms with Gasteiger partial charge >= 0.3 is 96.5 Å². The number of benzene rings is 1. The van der Waals surface area contributed by atoms with Crippen molar-refractivity contribution in [3.05, 3.63) is 29.3 Å². The Morgan fingerprint density at radius 2 is 1.14 bits per heavy atom. The van der Waals surface area contributed by atoms with Crippen LogP contribution in [0.5, 0.6) is 5.75 Å². The first-order valence-electron chi connectivity index (χ1n) is 6.18. The topological polar surface area (TPSA) is 265 Å². The molecule has 0 aliphatic heterocycles. The molecule has 156 valence electrons. The van der Waals surface area contributed by atoms with Crippen molar-refractivity contribution in [3.8, 4) is 5.75 Å². The summed E-state index contributed by atoms with van der Waals surface area (Å²) in [5.41, 5.74) is 2.00. The number of rotatable bonds is 6. The van der Waals surface area contributed by atoms with E-state index in [1.165, 1.54) is 0 Å². The van der Waals surface area contributed by atoms with Gasteiger partial charge in [-0.3, -0.25) is 0 Å². The van der Waals surface area contributed by atoms with Crippen LogP contribution in [0.15, 0.2) is 18.2 Å². The van der Waals surface area contributed by atoms with E-state index < -0.39 is 14.6 Å². The fourth-order valence-corrected chi connectivity index (χ4v) is 1.99. The van der Waals surface area contributed by atoms with E-state index >= 15 is 0 Å². The van der Waals surface area contributed by atoms with E-state index in [-0.39, 0.29) is 133 Å². The summed E-state index contributed by atoms with van der Waals surface area (Å²) in [6.45, 7) is 7.69. The standard InChI is InChI=1S/C13H21O5P.3Na.6H2O/c1-9(2)11-6-5-7-12(10(3)4)13(11)17-8-18-19(14,15)16;;;;;;;;;/h5-7,9-10H,8H2,1-4H3,(H2,14,15,16);;;;6*1H2/q;3*+1;;;;;;. The fraction of sp³-hybridized carbons (Fsp3) is 0.538. The molecule has 0 heterocycles. The van der Waals surface area contributed by atoms with Gasteiger partial charge in [0.2, 0.25) is 0 Å². The predicted molar refractivity (Wildman–Crippen MR) is 94.9 cm³/mol. The minimum atomic E-state index is -4.51. The van der Waals surface area contributed by atoms with Gasteiger partial charge in [0.1, 0.15) is 5.75 Å². The largest absolute Gasteiger partial charge is 1.00 e. The third kappa shape index (κ3) is 21.1. The van der Waals surface area contributed by atoms with Crippen molar-refractivity contribution >= 4 is 7.82 Å². The summed E-state index contributed by atoms with van der Waals surface area (Å²) in [5, 5.41) is 0. The van der Waals surface area contributed by atoms with Crippen LogP contribution in [0, 0.1) is 0 Å². The first-order valence-corrected chi connectivity index (χ1v) is 7.71. The Kier molecular flexibility index (Phi) is 55.0. The zero-order chi connectivity index (χ0) is 14.6. The number of phosphoric acid groups is 1. The van der Waals surface area contributed by atoms with Gasteiger partial charge in [-0.2, -0.15) is 0 Å². The van der Waals surface area contributed by atoms with Crippen LogP contribution < -0.4 is 93.4 Å². The second-order valence-electron chi connectivity index (χ2n) is 4.96. The molecule has 0 bridgehead atoms. The van der Waals surface area contributed by atoms with Crippen LogP contribution in [0.3, 0.4) is 0 Å². The molecule has 11 nitrogen and oxygen atoms in total. The van der Waals surface area contributed by atoms with Crippen molar-refractivity contribution < 1.29 is 145 Å². The Bertz CT molecular complexity index is 461. The average molecular weight is 465 g/mol. The third-order valence-electron chi connectivity index (χ3n) is 2.74. The van der Waals surface area contributed by atoms with Crippen molar-refractivity contribution in [2.75, 3.05) is 6.79 Å². The molecule has 0 amide bonds. The summed E-state index contributed by atoms with van der Waals surface area (Å²) in [4.78, 5) is 17.3. The Labute approximate surface area is 231 Å². The van der Waals surface area contributed by atoms with Crippen LogP contribution in [0.1, 0.15) is 50.7 Å². The molecular weight excluding hydrogens is 432 g/mol. The monoisotopic (exact) mass is 465 g/mol. The minimum absolute atomic E-state index is 0. The zero-order valence-electron chi connectivity index (χ0n) is 17.7. The second kappa shape index (κ2) is 26.9. The van der Waals surface area contributed by atoms with Gasteiger partial charge in [-0.1, -0.05) is 45.9 Å². The van der Waals surface area contributed by atoms with Crippen molar-refractivity contribution in [1.29, 1.82) is 0 Å². The van der Waals surface area contributed by atoms with Gasteiger partial charge in [-0.25, -0.2) is 9.09 Å². The van der Waals surface area contributed by atoms with E-state index in [2.05, 4.69) is 4.52 Å². The van der Waals surface area contributed by atoms with E-state index in [0.717, 1.165) is 11.1 Å². The van der Waals surface area contributed by atoms with Crippen molar-refractivity contribution in [1.82, 2.24) is 0 Å². The molecule has 0 radical (unpaired) electrons. The second-order valence-corrected chi connectivity index (χ2v) is 6.20. The molecule has 1 rings (SSSR count). The minimum Gasteiger partial charge on any atom is -0.466 e. The summed E-state index contributed by atoms with van der Waals surface area (Å²) in [6.07, 6.45) is 0. The summed E-state index contributed by atoms with van der Waals surface area (Å²) < 4.78 is 20.5. The number of phosphoric ester groups is 1. The molecular formula is C13H33Na3O11P+3. The van der Waals surface area contributed by atoms with Gasteiger partial charge in [0, 0.05) is 0 Å². The Morgan fingerprint density at radius 3 is 1.39 bits per heavy atom. The van der Waals surface area contributed by atoms with Crippen LogP contribution in [-0.4, -0.2) is 49.4 Å². The van der Waals surface area contributed by atoms with Crippen LogP contribution in [0.4, 0.5) is 0 Å². The Hall–Kier alpha value is 1.89. The smallest absolute Gasteiger partial charge is 0.466 e. The number of ether oxygens (including phenoxy) is 1. The number of hydrogen-bond acceptors (Lipinski definition) is 3. The van der Waals surface area contributed by atoms with E-state index in [4.69, 9.17) is 14.5 Å². The molecule has 0 aliphatic carbocycles. The molecule has 1 aromatic rings. The van der Waals surface area contributed by atoms with E-state index in [1.54, 1.807) is 0 Å².